The topological polar surface area (TPSA) is 51.0 Å². The molecule has 146 valence electrons. The van der Waals surface area contributed by atoms with Crippen molar-refractivity contribution >= 4 is 23.2 Å². The quantitative estimate of drug-likeness (QED) is 0.584. The minimum absolute atomic E-state index is 0.152. The minimum atomic E-state index is -0.665. The average Bonchev–Trinajstić information content (AvgIpc) is 3.05. The lowest BCUT2D eigenvalue weighted by Crippen LogP contribution is -2.42. The molecule has 5 nitrogen and oxygen atoms in total. The number of anilines is 1. The number of hydrogen-bond donors (Lipinski definition) is 0. The Morgan fingerprint density at radius 2 is 1.61 bits per heavy atom. The van der Waals surface area contributed by atoms with Crippen molar-refractivity contribution in [1.29, 1.82) is 0 Å². The van der Waals surface area contributed by atoms with E-state index in [0.29, 0.717) is 5.82 Å². The molecule has 1 heterocycles. The van der Waals surface area contributed by atoms with Crippen LogP contribution in [0.15, 0.2) is 60.7 Å². The SMILES string of the molecule is Cc1nnc(CN(C(=O)C(Cl)C(C)(C)C)c2ccccc2)n1-c1ccccc1. The Labute approximate surface area is 171 Å². The number of aryl methyl sites for hydroxylation is 1. The van der Waals surface area contributed by atoms with E-state index < -0.39 is 5.38 Å². The summed E-state index contributed by atoms with van der Waals surface area (Å²) in [6.45, 7) is 8.06. The molecule has 0 saturated carbocycles. The van der Waals surface area contributed by atoms with Gasteiger partial charge in [-0.05, 0) is 36.6 Å². The fourth-order valence-electron chi connectivity index (χ4n) is 2.97. The van der Waals surface area contributed by atoms with Crippen LogP contribution in [0, 0.1) is 12.3 Å². The van der Waals surface area contributed by atoms with Gasteiger partial charge in [0.1, 0.15) is 11.2 Å². The second kappa shape index (κ2) is 8.15. The predicted octanol–water partition coefficient (Wildman–Crippen LogP) is 4.76. The van der Waals surface area contributed by atoms with Crippen LogP contribution in [-0.2, 0) is 11.3 Å². The van der Waals surface area contributed by atoms with Crippen molar-refractivity contribution in [3.8, 4) is 5.69 Å². The predicted molar refractivity (Wildman–Crippen MR) is 113 cm³/mol. The molecule has 1 aromatic heterocycles. The largest absolute Gasteiger partial charge is 0.303 e. The number of alkyl halides is 1. The van der Waals surface area contributed by atoms with Crippen molar-refractivity contribution in [3.63, 3.8) is 0 Å². The zero-order chi connectivity index (χ0) is 20.3. The van der Waals surface area contributed by atoms with Crippen LogP contribution in [0.4, 0.5) is 5.69 Å². The minimum Gasteiger partial charge on any atom is -0.303 e. The number of aromatic nitrogens is 3. The molecule has 0 fully saturated rings. The molecule has 0 spiro atoms. The van der Waals surface area contributed by atoms with Crippen LogP contribution in [0.2, 0.25) is 0 Å². The number of nitrogens with zero attached hydrogens (tertiary/aromatic N) is 4. The zero-order valence-electron chi connectivity index (χ0n) is 16.6. The molecule has 6 heteroatoms. The van der Waals surface area contributed by atoms with Gasteiger partial charge in [-0.25, -0.2) is 0 Å². The molecule has 0 aliphatic carbocycles. The number of amides is 1. The summed E-state index contributed by atoms with van der Waals surface area (Å²) in [7, 11) is 0. The van der Waals surface area contributed by atoms with E-state index in [-0.39, 0.29) is 17.9 Å². The molecule has 0 saturated heterocycles. The van der Waals surface area contributed by atoms with Crippen LogP contribution in [-0.4, -0.2) is 26.0 Å². The maximum atomic E-state index is 13.3. The monoisotopic (exact) mass is 396 g/mol. The highest BCUT2D eigenvalue weighted by atomic mass is 35.5. The summed E-state index contributed by atoms with van der Waals surface area (Å²) in [4.78, 5) is 15.0. The van der Waals surface area contributed by atoms with Crippen molar-refractivity contribution in [2.75, 3.05) is 4.90 Å². The Kier molecular flexibility index (Phi) is 5.84. The maximum absolute atomic E-state index is 13.3. The highest BCUT2D eigenvalue weighted by molar-refractivity contribution is 6.33. The Hall–Kier alpha value is -2.66. The van der Waals surface area contributed by atoms with E-state index in [9.17, 15) is 4.79 Å². The van der Waals surface area contributed by atoms with E-state index in [1.54, 1.807) is 4.90 Å². The summed E-state index contributed by atoms with van der Waals surface area (Å²) < 4.78 is 1.96. The van der Waals surface area contributed by atoms with Gasteiger partial charge in [-0.1, -0.05) is 57.2 Å². The summed E-state index contributed by atoms with van der Waals surface area (Å²) in [6, 6.07) is 19.4. The summed E-state index contributed by atoms with van der Waals surface area (Å²) in [6.07, 6.45) is 0. The molecule has 0 radical (unpaired) electrons. The van der Waals surface area contributed by atoms with Gasteiger partial charge in [0.25, 0.3) is 0 Å². The Morgan fingerprint density at radius 1 is 1.04 bits per heavy atom. The number of rotatable bonds is 5. The van der Waals surface area contributed by atoms with Crippen molar-refractivity contribution in [1.82, 2.24) is 14.8 Å². The van der Waals surface area contributed by atoms with E-state index in [2.05, 4.69) is 10.2 Å². The van der Waals surface area contributed by atoms with Gasteiger partial charge in [-0.2, -0.15) is 0 Å². The highest BCUT2D eigenvalue weighted by Crippen LogP contribution is 2.29. The Bertz CT molecular complexity index is 932. The number of carbonyl (C=O) groups excluding carboxylic acids is 1. The molecule has 0 bridgehead atoms. The van der Waals surface area contributed by atoms with Gasteiger partial charge < -0.3 is 4.90 Å². The summed E-state index contributed by atoms with van der Waals surface area (Å²) >= 11 is 6.55. The molecule has 2 aromatic carbocycles. The lowest BCUT2D eigenvalue weighted by molar-refractivity contribution is -0.120. The molecule has 1 unspecified atom stereocenters. The second-order valence-electron chi connectivity index (χ2n) is 7.82. The fourth-order valence-corrected chi connectivity index (χ4v) is 3.09. The summed E-state index contributed by atoms with van der Waals surface area (Å²) in [5, 5.41) is 7.91. The number of para-hydroxylation sites is 2. The van der Waals surface area contributed by atoms with Crippen LogP contribution in [0.25, 0.3) is 5.69 Å². The van der Waals surface area contributed by atoms with Gasteiger partial charge in [0.2, 0.25) is 5.91 Å². The van der Waals surface area contributed by atoms with Crippen molar-refractivity contribution in [2.45, 2.75) is 39.6 Å². The Morgan fingerprint density at radius 3 is 2.18 bits per heavy atom. The van der Waals surface area contributed by atoms with E-state index >= 15 is 0 Å². The third-order valence-electron chi connectivity index (χ3n) is 4.52. The molecule has 0 N–H and O–H groups in total. The third kappa shape index (κ3) is 4.25. The molecule has 1 amide bonds. The number of carbonyl (C=O) groups is 1. The van der Waals surface area contributed by atoms with Crippen molar-refractivity contribution in [2.24, 2.45) is 5.41 Å². The van der Waals surface area contributed by atoms with Gasteiger partial charge in [0.15, 0.2) is 5.82 Å². The molecule has 3 rings (SSSR count). The lowest BCUT2D eigenvalue weighted by atomic mass is 9.91. The van der Waals surface area contributed by atoms with Gasteiger partial charge in [-0.15, -0.1) is 21.8 Å². The first kappa shape index (κ1) is 20.1. The maximum Gasteiger partial charge on any atom is 0.245 e. The van der Waals surface area contributed by atoms with Crippen LogP contribution in [0.5, 0.6) is 0 Å². The number of halogens is 1. The average molecular weight is 397 g/mol. The van der Waals surface area contributed by atoms with Crippen LogP contribution < -0.4 is 4.90 Å². The Balaban J connectivity index is 2.01. The van der Waals surface area contributed by atoms with E-state index in [4.69, 9.17) is 11.6 Å². The van der Waals surface area contributed by atoms with Crippen LogP contribution in [0.1, 0.15) is 32.4 Å². The second-order valence-corrected chi connectivity index (χ2v) is 8.26. The first-order valence-electron chi connectivity index (χ1n) is 9.26. The third-order valence-corrected chi connectivity index (χ3v) is 5.36. The van der Waals surface area contributed by atoms with E-state index in [1.807, 2.05) is 92.9 Å². The van der Waals surface area contributed by atoms with Crippen LogP contribution in [0.3, 0.4) is 0 Å². The van der Waals surface area contributed by atoms with Crippen molar-refractivity contribution < 1.29 is 4.79 Å². The normalized spacial score (nSPS) is 12.6. The molecule has 1 atom stereocenters. The zero-order valence-corrected chi connectivity index (χ0v) is 17.4. The fraction of sp³-hybridized carbons (Fsp3) is 0.318. The first-order valence-corrected chi connectivity index (χ1v) is 9.69. The standard InChI is InChI=1S/C22H25ClN4O/c1-16-24-25-19(27(16)18-13-9-6-10-14-18)15-26(17-11-7-5-8-12-17)21(28)20(23)22(2,3)4/h5-14,20H,15H2,1-4H3. The van der Waals surface area contributed by atoms with Gasteiger partial charge in [0.05, 0.1) is 6.54 Å². The highest BCUT2D eigenvalue weighted by Gasteiger charge is 2.34. The summed E-state index contributed by atoms with van der Waals surface area (Å²) in [5.74, 6) is 1.29. The molecule has 3 aromatic rings. The molecular weight excluding hydrogens is 372 g/mol. The molecular formula is C22H25ClN4O. The van der Waals surface area contributed by atoms with E-state index in [0.717, 1.165) is 17.2 Å². The lowest BCUT2D eigenvalue weighted by Gasteiger charge is -2.30. The molecule has 28 heavy (non-hydrogen) atoms. The number of hydrogen-bond acceptors (Lipinski definition) is 3. The molecule has 0 aliphatic rings. The van der Waals surface area contributed by atoms with E-state index in [1.165, 1.54) is 0 Å². The van der Waals surface area contributed by atoms with Gasteiger partial charge >= 0.3 is 0 Å². The van der Waals surface area contributed by atoms with Gasteiger partial charge in [0, 0.05) is 11.4 Å². The smallest absolute Gasteiger partial charge is 0.245 e. The first-order chi connectivity index (χ1) is 13.3. The molecule has 0 aliphatic heterocycles. The van der Waals surface area contributed by atoms with Gasteiger partial charge in [-0.3, -0.25) is 9.36 Å². The van der Waals surface area contributed by atoms with Crippen molar-refractivity contribution in [3.05, 3.63) is 72.3 Å². The summed E-state index contributed by atoms with van der Waals surface area (Å²) in [5.41, 5.74) is 1.37. The van der Waals surface area contributed by atoms with Crippen LogP contribution >= 0.6 is 11.6 Å². The number of benzene rings is 2.